The molecular weight excluding hydrogens is 216 g/mol. The lowest BCUT2D eigenvalue weighted by molar-refractivity contribution is -0.137. The van der Waals surface area contributed by atoms with Crippen LogP contribution in [0, 0.1) is 11.8 Å². The van der Waals surface area contributed by atoms with Gasteiger partial charge in [-0.25, -0.2) is 0 Å². The van der Waals surface area contributed by atoms with Crippen LogP contribution in [-0.4, -0.2) is 35.8 Å². The first-order valence-electron chi connectivity index (χ1n) is 6.68. The minimum Gasteiger partial charge on any atom is -0.344 e. The molecule has 0 bridgehead atoms. The summed E-state index contributed by atoms with van der Waals surface area (Å²) in [6.07, 6.45) is 4.36. The molecular formula is C13H22N2O2. The van der Waals surface area contributed by atoms with E-state index in [1.807, 2.05) is 4.90 Å². The van der Waals surface area contributed by atoms with E-state index in [-0.39, 0.29) is 23.8 Å². The standard InChI is InChI=1S/C13H22N2O2/c1-9-8-11(9)12(16)14-10(2)13(17)15-6-4-3-5-7-15/h9-11H,3-8H2,1-2H3,(H,14,16). The summed E-state index contributed by atoms with van der Waals surface area (Å²) < 4.78 is 0. The summed E-state index contributed by atoms with van der Waals surface area (Å²) in [5.41, 5.74) is 0. The third-order valence-electron chi connectivity index (χ3n) is 3.84. The maximum Gasteiger partial charge on any atom is 0.244 e. The minimum absolute atomic E-state index is 0.0513. The van der Waals surface area contributed by atoms with Crippen molar-refractivity contribution < 1.29 is 9.59 Å². The van der Waals surface area contributed by atoms with Gasteiger partial charge in [0.1, 0.15) is 6.04 Å². The number of rotatable bonds is 3. The Hall–Kier alpha value is -1.06. The Morgan fingerprint density at radius 3 is 2.35 bits per heavy atom. The number of nitrogens with one attached hydrogen (secondary N) is 1. The molecule has 0 spiro atoms. The molecule has 1 N–H and O–H groups in total. The van der Waals surface area contributed by atoms with Crippen molar-refractivity contribution in [2.24, 2.45) is 11.8 Å². The number of hydrogen-bond donors (Lipinski definition) is 1. The molecule has 0 aromatic rings. The van der Waals surface area contributed by atoms with E-state index in [1.54, 1.807) is 6.92 Å². The van der Waals surface area contributed by atoms with Gasteiger partial charge in [0.05, 0.1) is 0 Å². The molecule has 96 valence electrons. The summed E-state index contributed by atoms with van der Waals surface area (Å²) in [6, 6.07) is -0.367. The van der Waals surface area contributed by atoms with E-state index in [2.05, 4.69) is 12.2 Å². The van der Waals surface area contributed by atoms with Crippen molar-refractivity contribution in [1.82, 2.24) is 10.2 Å². The highest BCUT2D eigenvalue weighted by Crippen LogP contribution is 2.37. The predicted octanol–water partition coefficient (Wildman–Crippen LogP) is 1.16. The van der Waals surface area contributed by atoms with Gasteiger partial charge >= 0.3 is 0 Å². The van der Waals surface area contributed by atoms with Crippen LogP contribution in [0.3, 0.4) is 0 Å². The van der Waals surface area contributed by atoms with Crippen molar-refractivity contribution in [2.45, 2.75) is 45.6 Å². The van der Waals surface area contributed by atoms with E-state index in [1.165, 1.54) is 6.42 Å². The molecule has 1 aliphatic heterocycles. The molecule has 3 unspecified atom stereocenters. The van der Waals surface area contributed by atoms with E-state index >= 15 is 0 Å². The zero-order valence-corrected chi connectivity index (χ0v) is 10.7. The molecule has 3 atom stereocenters. The van der Waals surface area contributed by atoms with Crippen LogP contribution in [0.1, 0.15) is 39.5 Å². The maximum atomic E-state index is 12.1. The number of carbonyl (C=O) groups excluding carboxylic acids is 2. The third kappa shape index (κ3) is 2.99. The molecule has 1 saturated heterocycles. The molecule has 1 saturated carbocycles. The zero-order valence-electron chi connectivity index (χ0n) is 10.7. The molecule has 2 amide bonds. The highest BCUT2D eigenvalue weighted by atomic mass is 16.2. The molecule has 17 heavy (non-hydrogen) atoms. The van der Waals surface area contributed by atoms with Gasteiger partial charge in [-0.05, 0) is 38.5 Å². The monoisotopic (exact) mass is 238 g/mol. The fourth-order valence-corrected chi connectivity index (χ4v) is 2.46. The van der Waals surface area contributed by atoms with E-state index in [0.717, 1.165) is 32.4 Å². The smallest absolute Gasteiger partial charge is 0.244 e. The fourth-order valence-electron chi connectivity index (χ4n) is 2.46. The van der Waals surface area contributed by atoms with Gasteiger partial charge in [-0.2, -0.15) is 0 Å². The molecule has 1 heterocycles. The molecule has 1 aliphatic carbocycles. The second-order valence-corrected chi connectivity index (χ2v) is 5.44. The van der Waals surface area contributed by atoms with Gasteiger partial charge in [0.2, 0.25) is 11.8 Å². The maximum absolute atomic E-state index is 12.1. The molecule has 0 radical (unpaired) electrons. The third-order valence-corrected chi connectivity index (χ3v) is 3.84. The highest BCUT2D eigenvalue weighted by Gasteiger charge is 2.40. The Morgan fingerprint density at radius 2 is 1.82 bits per heavy atom. The summed E-state index contributed by atoms with van der Waals surface area (Å²) >= 11 is 0. The molecule has 0 aromatic carbocycles. The van der Waals surface area contributed by atoms with Crippen molar-refractivity contribution in [1.29, 1.82) is 0 Å². The van der Waals surface area contributed by atoms with Crippen LogP contribution < -0.4 is 5.32 Å². The van der Waals surface area contributed by atoms with Crippen LogP contribution in [0.2, 0.25) is 0 Å². The van der Waals surface area contributed by atoms with Crippen LogP contribution >= 0.6 is 0 Å². The zero-order chi connectivity index (χ0) is 12.4. The first-order valence-corrected chi connectivity index (χ1v) is 6.68. The van der Waals surface area contributed by atoms with Crippen LogP contribution in [0.4, 0.5) is 0 Å². The minimum atomic E-state index is -0.367. The van der Waals surface area contributed by atoms with Crippen LogP contribution in [0.5, 0.6) is 0 Å². The fraction of sp³-hybridized carbons (Fsp3) is 0.846. The summed E-state index contributed by atoms with van der Waals surface area (Å²) in [5.74, 6) is 0.764. The summed E-state index contributed by atoms with van der Waals surface area (Å²) in [7, 11) is 0. The first-order chi connectivity index (χ1) is 8.09. The van der Waals surface area contributed by atoms with Crippen LogP contribution in [0.25, 0.3) is 0 Å². The Balaban J connectivity index is 1.80. The van der Waals surface area contributed by atoms with Gasteiger partial charge in [-0.15, -0.1) is 0 Å². The quantitative estimate of drug-likeness (QED) is 0.802. The number of amides is 2. The number of piperidine rings is 1. The van der Waals surface area contributed by atoms with Gasteiger partial charge in [0.25, 0.3) is 0 Å². The number of carbonyl (C=O) groups is 2. The largest absolute Gasteiger partial charge is 0.344 e. The van der Waals surface area contributed by atoms with Crippen LogP contribution in [0.15, 0.2) is 0 Å². The van der Waals surface area contributed by atoms with Gasteiger partial charge < -0.3 is 10.2 Å². The molecule has 2 rings (SSSR count). The molecule has 2 fully saturated rings. The second kappa shape index (κ2) is 5.07. The van der Waals surface area contributed by atoms with Crippen molar-refractivity contribution >= 4 is 11.8 Å². The van der Waals surface area contributed by atoms with E-state index < -0.39 is 0 Å². The topological polar surface area (TPSA) is 49.4 Å². The first kappa shape index (κ1) is 12.4. The van der Waals surface area contributed by atoms with E-state index in [0.29, 0.717) is 5.92 Å². The molecule has 4 heteroatoms. The van der Waals surface area contributed by atoms with Crippen molar-refractivity contribution in [2.75, 3.05) is 13.1 Å². The van der Waals surface area contributed by atoms with Crippen molar-refractivity contribution in [3.05, 3.63) is 0 Å². The van der Waals surface area contributed by atoms with Crippen molar-refractivity contribution in [3.8, 4) is 0 Å². The highest BCUT2D eigenvalue weighted by molar-refractivity contribution is 5.89. The summed E-state index contributed by atoms with van der Waals surface area (Å²) in [6.45, 7) is 5.56. The average molecular weight is 238 g/mol. The SMILES string of the molecule is CC(NC(=O)C1CC1C)C(=O)N1CCCCC1. The summed E-state index contributed by atoms with van der Waals surface area (Å²) in [5, 5.41) is 2.84. The average Bonchev–Trinajstić information content (AvgIpc) is 3.06. The second-order valence-electron chi connectivity index (χ2n) is 5.44. The molecule has 0 aromatic heterocycles. The summed E-state index contributed by atoms with van der Waals surface area (Å²) in [4.78, 5) is 25.7. The van der Waals surface area contributed by atoms with Gasteiger partial charge in [0.15, 0.2) is 0 Å². The normalized spacial score (nSPS) is 29.6. The van der Waals surface area contributed by atoms with Gasteiger partial charge in [0, 0.05) is 19.0 Å². The number of likely N-dealkylation sites (tertiary alicyclic amines) is 1. The Labute approximate surface area is 103 Å². The molecule has 2 aliphatic rings. The Morgan fingerprint density at radius 1 is 1.24 bits per heavy atom. The van der Waals surface area contributed by atoms with Gasteiger partial charge in [-0.1, -0.05) is 6.92 Å². The van der Waals surface area contributed by atoms with E-state index in [9.17, 15) is 9.59 Å². The number of nitrogens with zero attached hydrogens (tertiary/aromatic N) is 1. The van der Waals surface area contributed by atoms with Crippen molar-refractivity contribution in [3.63, 3.8) is 0 Å². The lowest BCUT2D eigenvalue weighted by Gasteiger charge is -2.29. The number of hydrogen-bond acceptors (Lipinski definition) is 2. The lowest BCUT2D eigenvalue weighted by atomic mass is 10.1. The van der Waals surface area contributed by atoms with Crippen LogP contribution in [-0.2, 0) is 9.59 Å². The predicted molar refractivity (Wildman–Crippen MR) is 65.3 cm³/mol. The Kier molecular flexibility index (Phi) is 3.69. The van der Waals surface area contributed by atoms with Gasteiger partial charge in [-0.3, -0.25) is 9.59 Å². The lowest BCUT2D eigenvalue weighted by Crippen LogP contribution is -2.48. The molecule has 4 nitrogen and oxygen atoms in total. The Bertz CT molecular complexity index is 311. The van der Waals surface area contributed by atoms with E-state index in [4.69, 9.17) is 0 Å².